The predicted molar refractivity (Wildman–Crippen MR) is 84.2 cm³/mol. The van der Waals surface area contributed by atoms with E-state index >= 15 is 0 Å². The van der Waals surface area contributed by atoms with E-state index in [0.29, 0.717) is 11.1 Å². The minimum Gasteiger partial charge on any atom is -0.402 e. The first-order chi connectivity index (χ1) is 8.44. The lowest BCUT2D eigenvalue weighted by molar-refractivity contribution is 0.220. The van der Waals surface area contributed by atoms with E-state index in [0.717, 1.165) is 18.9 Å². The fraction of sp³-hybridized carbons (Fsp3) is 0.750. The smallest absolute Gasteiger partial charge is 0.203 e. The highest BCUT2D eigenvalue weighted by Crippen LogP contribution is 2.38. The second kappa shape index (κ2) is 8.56. The van der Waals surface area contributed by atoms with Crippen LogP contribution in [0.4, 0.5) is 0 Å². The number of hydrogen-bond donors (Lipinski definition) is 0. The van der Waals surface area contributed by atoms with Gasteiger partial charge < -0.3 is 4.43 Å². The van der Waals surface area contributed by atoms with Crippen LogP contribution in [0.3, 0.4) is 0 Å². The highest BCUT2D eigenvalue weighted by atomic mass is 28.4. The van der Waals surface area contributed by atoms with Crippen LogP contribution in [0.15, 0.2) is 12.7 Å². The van der Waals surface area contributed by atoms with Gasteiger partial charge in [0.25, 0.3) is 0 Å². The molecule has 1 nitrogen and oxygen atoms in total. The van der Waals surface area contributed by atoms with E-state index in [1.165, 1.54) is 0 Å². The SMILES string of the molecule is C=CC[Si](OC(C#CC)CCC)(C(C)C)C(C)C. The first-order valence-electron chi connectivity index (χ1n) is 7.15. The molecular weight excluding hydrogens is 236 g/mol. The van der Waals surface area contributed by atoms with Crippen molar-refractivity contribution in [1.29, 1.82) is 0 Å². The van der Waals surface area contributed by atoms with Gasteiger partial charge in [0.15, 0.2) is 0 Å². The number of hydrogen-bond acceptors (Lipinski definition) is 1. The Hall–Kier alpha value is -0.523. The van der Waals surface area contributed by atoms with E-state index < -0.39 is 8.32 Å². The van der Waals surface area contributed by atoms with Gasteiger partial charge in [-0.3, -0.25) is 0 Å². The van der Waals surface area contributed by atoms with Gasteiger partial charge in [-0.25, -0.2) is 0 Å². The molecular formula is C16H30OSi. The van der Waals surface area contributed by atoms with Gasteiger partial charge in [-0.15, -0.1) is 12.5 Å². The molecule has 0 rings (SSSR count). The molecule has 0 fully saturated rings. The molecule has 0 bridgehead atoms. The summed E-state index contributed by atoms with van der Waals surface area (Å²) >= 11 is 0. The van der Waals surface area contributed by atoms with Crippen LogP contribution in [0.1, 0.15) is 54.4 Å². The van der Waals surface area contributed by atoms with Crippen molar-refractivity contribution in [3.63, 3.8) is 0 Å². The second-order valence-corrected chi connectivity index (χ2v) is 10.4. The summed E-state index contributed by atoms with van der Waals surface area (Å²) < 4.78 is 6.58. The minimum absolute atomic E-state index is 0.108. The van der Waals surface area contributed by atoms with Gasteiger partial charge in [0.05, 0.1) is 0 Å². The molecule has 0 saturated carbocycles. The van der Waals surface area contributed by atoms with Gasteiger partial charge in [-0.1, -0.05) is 53.0 Å². The monoisotopic (exact) mass is 266 g/mol. The summed E-state index contributed by atoms with van der Waals surface area (Å²) in [5.41, 5.74) is 1.18. The Labute approximate surface area is 115 Å². The van der Waals surface area contributed by atoms with Gasteiger partial charge in [0.2, 0.25) is 8.32 Å². The van der Waals surface area contributed by atoms with Crippen molar-refractivity contribution in [3.8, 4) is 11.8 Å². The standard InChI is InChI=1S/C16H30OSi/c1-8-11-16(12-9-2)17-18(13-10-3,14(4)5)15(6)7/h10,14-16H,3,8,11,13H2,1-2,4-7H3. The van der Waals surface area contributed by atoms with Gasteiger partial charge in [-0.05, 0) is 30.5 Å². The molecule has 18 heavy (non-hydrogen) atoms. The summed E-state index contributed by atoms with van der Waals surface area (Å²) in [6.07, 6.45) is 4.30. The molecule has 0 aromatic carbocycles. The van der Waals surface area contributed by atoms with E-state index in [2.05, 4.69) is 53.0 Å². The number of allylic oxidation sites excluding steroid dienone is 1. The molecule has 0 aliphatic rings. The summed E-state index contributed by atoms with van der Waals surface area (Å²) in [6.45, 7) is 17.2. The molecule has 2 heteroatoms. The zero-order chi connectivity index (χ0) is 14.2. The van der Waals surface area contributed by atoms with E-state index in [1.54, 1.807) is 0 Å². The first-order valence-corrected chi connectivity index (χ1v) is 9.42. The van der Waals surface area contributed by atoms with Gasteiger partial charge in [-0.2, -0.15) is 0 Å². The average molecular weight is 267 g/mol. The molecule has 0 aliphatic carbocycles. The third-order valence-corrected chi connectivity index (χ3v) is 9.20. The van der Waals surface area contributed by atoms with Gasteiger partial charge in [0.1, 0.15) is 6.10 Å². The van der Waals surface area contributed by atoms with Crippen molar-refractivity contribution in [2.24, 2.45) is 0 Å². The van der Waals surface area contributed by atoms with Crippen LogP contribution in [0.25, 0.3) is 0 Å². The van der Waals surface area contributed by atoms with E-state index in [9.17, 15) is 0 Å². The lowest BCUT2D eigenvalue weighted by Crippen LogP contribution is -2.46. The maximum atomic E-state index is 6.58. The van der Waals surface area contributed by atoms with Crippen molar-refractivity contribution in [2.75, 3.05) is 0 Å². The zero-order valence-corrected chi connectivity index (χ0v) is 14.0. The highest BCUT2D eigenvalue weighted by molar-refractivity contribution is 6.76. The summed E-state index contributed by atoms with van der Waals surface area (Å²) in [5.74, 6) is 6.25. The van der Waals surface area contributed by atoms with Crippen LogP contribution in [-0.2, 0) is 4.43 Å². The third-order valence-electron chi connectivity index (χ3n) is 3.64. The molecule has 1 atom stereocenters. The highest BCUT2D eigenvalue weighted by Gasteiger charge is 2.42. The molecule has 0 radical (unpaired) electrons. The molecule has 0 N–H and O–H groups in total. The maximum Gasteiger partial charge on any atom is 0.203 e. The van der Waals surface area contributed by atoms with Crippen molar-refractivity contribution in [2.45, 2.75) is 77.6 Å². The fourth-order valence-corrected chi connectivity index (χ4v) is 6.61. The Morgan fingerprint density at radius 2 is 1.78 bits per heavy atom. The summed E-state index contributed by atoms with van der Waals surface area (Å²) in [7, 11) is -1.81. The Balaban J connectivity index is 5.14. The van der Waals surface area contributed by atoms with Crippen LogP contribution in [-0.4, -0.2) is 14.4 Å². The second-order valence-electron chi connectivity index (χ2n) is 5.55. The summed E-state index contributed by atoms with van der Waals surface area (Å²) in [5, 5.41) is 0. The molecule has 0 heterocycles. The Bertz CT molecular complexity index is 288. The van der Waals surface area contributed by atoms with Crippen molar-refractivity contribution in [3.05, 3.63) is 12.7 Å². The molecule has 0 aromatic rings. The van der Waals surface area contributed by atoms with E-state index in [4.69, 9.17) is 4.43 Å². The summed E-state index contributed by atoms with van der Waals surface area (Å²) in [6, 6.07) is 1.02. The third kappa shape index (κ3) is 4.63. The molecule has 104 valence electrons. The van der Waals surface area contributed by atoms with Crippen molar-refractivity contribution < 1.29 is 4.43 Å². The molecule has 0 aliphatic heterocycles. The molecule has 0 spiro atoms. The molecule has 0 aromatic heterocycles. The van der Waals surface area contributed by atoms with Gasteiger partial charge >= 0.3 is 0 Å². The zero-order valence-electron chi connectivity index (χ0n) is 13.0. The molecule has 0 saturated heterocycles. The Morgan fingerprint density at radius 1 is 1.22 bits per heavy atom. The topological polar surface area (TPSA) is 9.23 Å². The maximum absolute atomic E-state index is 6.58. The van der Waals surface area contributed by atoms with Crippen LogP contribution < -0.4 is 0 Å². The van der Waals surface area contributed by atoms with Gasteiger partial charge in [0, 0.05) is 0 Å². The largest absolute Gasteiger partial charge is 0.402 e. The Kier molecular flexibility index (Phi) is 8.31. The quantitative estimate of drug-likeness (QED) is 0.335. The minimum atomic E-state index is -1.81. The van der Waals surface area contributed by atoms with Crippen LogP contribution in [0.5, 0.6) is 0 Å². The fourth-order valence-electron chi connectivity index (χ4n) is 2.53. The van der Waals surface area contributed by atoms with Crippen LogP contribution in [0.2, 0.25) is 17.1 Å². The van der Waals surface area contributed by atoms with Crippen molar-refractivity contribution in [1.82, 2.24) is 0 Å². The Morgan fingerprint density at radius 3 is 2.11 bits per heavy atom. The normalized spacial score (nSPS) is 13.3. The van der Waals surface area contributed by atoms with E-state index in [1.807, 2.05) is 13.0 Å². The van der Waals surface area contributed by atoms with Crippen LogP contribution in [0, 0.1) is 11.8 Å². The van der Waals surface area contributed by atoms with Crippen molar-refractivity contribution >= 4 is 8.32 Å². The molecule has 0 amide bonds. The van der Waals surface area contributed by atoms with Crippen LogP contribution >= 0.6 is 0 Å². The van der Waals surface area contributed by atoms with E-state index in [-0.39, 0.29) is 6.10 Å². The predicted octanol–water partition coefficient (Wildman–Crippen LogP) is 5.15. The first kappa shape index (κ1) is 17.5. The lowest BCUT2D eigenvalue weighted by atomic mass is 10.2. The average Bonchev–Trinajstić information content (AvgIpc) is 2.28. The molecule has 1 unspecified atom stereocenters. The summed E-state index contributed by atoms with van der Waals surface area (Å²) in [4.78, 5) is 0. The number of rotatable bonds is 8. The lowest BCUT2D eigenvalue weighted by Gasteiger charge is -2.40.